The number of hydrogen-bond acceptors (Lipinski definition) is 5. The van der Waals surface area contributed by atoms with Gasteiger partial charge in [-0.3, -0.25) is 4.79 Å². The van der Waals surface area contributed by atoms with Crippen LogP contribution < -0.4 is 5.32 Å². The Balaban J connectivity index is 1.61. The van der Waals surface area contributed by atoms with E-state index >= 15 is 0 Å². The number of carbonyl (C=O) groups is 1. The number of thioether (sulfide) groups is 1. The van der Waals surface area contributed by atoms with Gasteiger partial charge in [0, 0.05) is 0 Å². The van der Waals surface area contributed by atoms with Crippen molar-refractivity contribution in [1.82, 2.24) is 5.32 Å². The molecule has 1 atom stereocenters. The number of nitrogens with one attached hydrogen (secondary N) is 1. The molecule has 1 aromatic heterocycles. The van der Waals surface area contributed by atoms with E-state index in [1.165, 1.54) is 30.1 Å². The van der Waals surface area contributed by atoms with Crippen LogP contribution in [0.25, 0.3) is 0 Å². The van der Waals surface area contributed by atoms with Gasteiger partial charge in [-0.25, -0.2) is 4.39 Å². The lowest BCUT2D eigenvalue weighted by Crippen LogP contribution is -2.25. The van der Waals surface area contributed by atoms with Crippen molar-refractivity contribution in [3.63, 3.8) is 0 Å². The Morgan fingerprint density at radius 2 is 2.14 bits per heavy atom. The standard InChI is InChI=1S/C15H12FN3O2S/c16-11-5-3-10(4-6-11)8-13-14(20)18-15(22-13)19-17-9-12-2-1-7-21-12/h1-7,9,13H,8H2,(H,18,19,20)/b17-9-/t13-/m0/s1. The molecular weight excluding hydrogens is 305 g/mol. The molecule has 0 radical (unpaired) electrons. The van der Waals surface area contributed by atoms with Crippen LogP contribution >= 0.6 is 11.8 Å². The van der Waals surface area contributed by atoms with Crippen LogP contribution in [0.15, 0.2) is 57.3 Å². The van der Waals surface area contributed by atoms with E-state index in [-0.39, 0.29) is 17.0 Å². The summed E-state index contributed by atoms with van der Waals surface area (Å²) >= 11 is 1.31. The van der Waals surface area contributed by atoms with Crippen LogP contribution in [0.2, 0.25) is 0 Å². The van der Waals surface area contributed by atoms with E-state index in [2.05, 4.69) is 15.5 Å². The van der Waals surface area contributed by atoms with E-state index in [0.29, 0.717) is 17.3 Å². The summed E-state index contributed by atoms with van der Waals surface area (Å²) in [7, 11) is 0. The first-order valence-electron chi connectivity index (χ1n) is 6.57. The third-order valence-corrected chi connectivity index (χ3v) is 4.06. The quantitative estimate of drug-likeness (QED) is 0.696. The van der Waals surface area contributed by atoms with E-state index in [4.69, 9.17) is 4.42 Å². The minimum Gasteiger partial charge on any atom is -0.463 e. The number of furan rings is 1. The van der Waals surface area contributed by atoms with E-state index < -0.39 is 0 Å². The van der Waals surface area contributed by atoms with Gasteiger partial charge in [-0.2, -0.15) is 5.10 Å². The van der Waals surface area contributed by atoms with Crippen molar-refractivity contribution >= 4 is 29.1 Å². The van der Waals surface area contributed by atoms with Crippen LogP contribution in [0.5, 0.6) is 0 Å². The maximum absolute atomic E-state index is 12.9. The van der Waals surface area contributed by atoms with Crippen molar-refractivity contribution in [2.75, 3.05) is 0 Å². The van der Waals surface area contributed by atoms with Crippen molar-refractivity contribution in [3.05, 3.63) is 59.8 Å². The van der Waals surface area contributed by atoms with E-state index in [1.807, 2.05) is 0 Å². The highest BCUT2D eigenvalue weighted by Crippen LogP contribution is 2.23. The van der Waals surface area contributed by atoms with Gasteiger partial charge in [-0.15, -0.1) is 5.10 Å². The Labute approximate surface area is 130 Å². The van der Waals surface area contributed by atoms with Crippen LogP contribution in [0.4, 0.5) is 4.39 Å². The minimum atomic E-state index is -0.290. The average Bonchev–Trinajstić information content (AvgIpc) is 3.12. The predicted molar refractivity (Wildman–Crippen MR) is 83.4 cm³/mol. The molecule has 0 unspecified atom stereocenters. The molecule has 1 amide bonds. The second kappa shape index (κ2) is 6.57. The Morgan fingerprint density at radius 1 is 1.32 bits per heavy atom. The van der Waals surface area contributed by atoms with Gasteiger partial charge < -0.3 is 9.73 Å². The van der Waals surface area contributed by atoms with Gasteiger partial charge >= 0.3 is 0 Å². The van der Waals surface area contributed by atoms with Crippen molar-refractivity contribution in [3.8, 4) is 0 Å². The minimum absolute atomic E-state index is 0.124. The summed E-state index contributed by atoms with van der Waals surface area (Å²) in [4.78, 5) is 11.9. The molecule has 1 fully saturated rings. The fourth-order valence-corrected chi connectivity index (χ4v) is 2.89. The van der Waals surface area contributed by atoms with Crippen LogP contribution in [-0.2, 0) is 11.2 Å². The number of benzene rings is 1. The smallest absolute Gasteiger partial charge is 0.239 e. The number of amides is 1. The van der Waals surface area contributed by atoms with Crippen LogP contribution in [-0.4, -0.2) is 22.5 Å². The fourth-order valence-electron chi connectivity index (χ4n) is 1.92. The second-order valence-electron chi connectivity index (χ2n) is 4.59. The first-order chi connectivity index (χ1) is 10.7. The maximum atomic E-state index is 12.9. The van der Waals surface area contributed by atoms with Gasteiger partial charge in [0.25, 0.3) is 0 Å². The molecule has 22 heavy (non-hydrogen) atoms. The van der Waals surface area contributed by atoms with Crippen molar-refractivity contribution in [2.45, 2.75) is 11.7 Å². The zero-order chi connectivity index (χ0) is 15.4. The number of rotatable bonds is 4. The monoisotopic (exact) mass is 317 g/mol. The van der Waals surface area contributed by atoms with Gasteiger partial charge in [0.15, 0.2) is 5.17 Å². The highest BCUT2D eigenvalue weighted by Gasteiger charge is 2.30. The molecule has 1 saturated heterocycles. The summed E-state index contributed by atoms with van der Waals surface area (Å²) in [5, 5.41) is 10.6. The highest BCUT2D eigenvalue weighted by molar-refractivity contribution is 8.15. The summed E-state index contributed by atoms with van der Waals surface area (Å²) < 4.78 is 18.0. The molecule has 1 aromatic carbocycles. The molecule has 112 valence electrons. The molecule has 2 aromatic rings. The molecule has 3 rings (SSSR count). The molecule has 1 N–H and O–H groups in total. The molecule has 1 aliphatic rings. The third-order valence-electron chi connectivity index (χ3n) is 2.99. The summed E-state index contributed by atoms with van der Waals surface area (Å²) in [5.74, 6) is 0.171. The lowest BCUT2D eigenvalue weighted by Gasteiger charge is -2.04. The van der Waals surface area contributed by atoms with E-state index in [1.54, 1.807) is 30.5 Å². The molecule has 2 heterocycles. The molecule has 1 aliphatic heterocycles. The van der Waals surface area contributed by atoms with Crippen molar-refractivity contribution in [1.29, 1.82) is 0 Å². The summed E-state index contributed by atoms with van der Waals surface area (Å²) in [5.41, 5.74) is 0.898. The maximum Gasteiger partial charge on any atom is 0.239 e. The first-order valence-corrected chi connectivity index (χ1v) is 7.45. The number of nitrogens with zero attached hydrogens (tertiary/aromatic N) is 2. The zero-order valence-corrected chi connectivity index (χ0v) is 12.2. The topological polar surface area (TPSA) is 67.0 Å². The van der Waals surface area contributed by atoms with Gasteiger partial charge in [0.1, 0.15) is 11.6 Å². The zero-order valence-electron chi connectivity index (χ0n) is 11.4. The molecule has 0 bridgehead atoms. The number of carbonyl (C=O) groups excluding carboxylic acids is 1. The van der Waals surface area contributed by atoms with E-state index in [9.17, 15) is 9.18 Å². The SMILES string of the molecule is O=C1N/C(=N\N=C/c2ccco2)S[C@H]1Cc1ccc(F)cc1. The number of hydrogen-bond donors (Lipinski definition) is 1. The largest absolute Gasteiger partial charge is 0.463 e. The molecule has 0 spiro atoms. The highest BCUT2D eigenvalue weighted by atomic mass is 32.2. The van der Waals surface area contributed by atoms with Crippen LogP contribution in [0.1, 0.15) is 11.3 Å². The Morgan fingerprint density at radius 3 is 2.86 bits per heavy atom. The van der Waals surface area contributed by atoms with E-state index in [0.717, 1.165) is 5.56 Å². The van der Waals surface area contributed by atoms with Gasteiger partial charge in [-0.05, 0) is 36.2 Å². The molecule has 0 saturated carbocycles. The van der Waals surface area contributed by atoms with Crippen LogP contribution in [0, 0.1) is 5.82 Å². The lowest BCUT2D eigenvalue weighted by molar-refractivity contribution is -0.118. The van der Waals surface area contributed by atoms with Crippen LogP contribution in [0.3, 0.4) is 0 Å². The Kier molecular flexibility index (Phi) is 4.34. The summed E-state index contributed by atoms with van der Waals surface area (Å²) in [6.45, 7) is 0. The molecular formula is C15H12FN3O2S. The van der Waals surface area contributed by atoms with Crippen molar-refractivity contribution < 1.29 is 13.6 Å². The van der Waals surface area contributed by atoms with Gasteiger partial charge in [0.05, 0.1) is 17.7 Å². The third kappa shape index (κ3) is 3.62. The first kappa shape index (κ1) is 14.5. The van der Waals surface area contributed by atoms with Crippen molar-refractivity contribution in [2.24, 2.45) is 10.2 Å². The number of halogens is 1. The summed E-state index contributed by atoms with van der Waals surface area (Å²) in [6, 6.07) is 9.62. The second-order valence-corrected chi connectivity index (χ2v) is 5.78. The normalized spacial score (nSPS) is 20.0. The number of amidine groups is 1. The fraction of sp³-hybridized carbons (Fsp3) is 0.133. The van der Waals surface area contributed by atoms with Gasteiger partial charge in [0.2, 0.25) is 5.91 Å². The lowest BCUT2D eigenvalue weighted by atomic mass is 10.1. The molecule has 5 nitrogen and oxygen atoms in total. The molecule has 7 heteroatoms. The summed E-state index contributed by atoms with van der Waals surface area (Å²) in [6.07, 6.45) is 3.52. The molecule has 0 aliphatic carbocycles. The Bertz CT molecular complexity index is 711. The Hall–Kier alpha value is -2.41. The predicted octanol–water partition coefficient (Wildman–Crippen LogP) is 2.58. The average molecular weight is 317 g/mol. The van der Waals surface area contributed by atoms with Gasteiger partial charge in [-0.1, -0.05) is 23.9 Å².